The van der Waals surface area contributed by atoms with Gasteiger partial charge in [0.15, 0.2) is 0 Å². The zero-order valence-electron chi connectivity index (χ0n) is 14.5. The van der Waals surface area contributed by atoms with Crippen molar-refractivity contribution in [3.63, 3.8) is 0 Å². The number of aromatic nitrogens is 2. The fraction of sp³-hybridized carbons (Fsp3) is 0.389. The molecule has 7 heteroatoms. The van der Waals surface area contributed by atoms with E-state index in [9.17, 15) is 4.79 Å². The van der Waals surface area contributed by atoms with Gasteiger partial charge < -0.3 is 20.7 Å². The molecule has 2 heterocycles. The van der Waals surface area contributed by atoms with Gasteiger partial charge in [0.2, 0.25) is 5.95 Å². The van der Waals surface area contributed by atoms with Crippen LogP contribution in [0, 0.1) is 6.92 Å². The van der Waals surface area contributed by atoms with Crippen molar-refractivity contribution >= 4 is 17.7 Å². The van der Waals surface area contributed by atoms with Crippen molar-refractivity contribution in [2.75, 3.05) is 31.2 Å². The molecule has 25 heavy (non-hydrogen) atoms. The highest BCUT2D eigenvalue weighted by Gasteiger charge is 2.26. The van der Waals surface area contributed by atoms with E-state index in [2.05, 4.69) is 15.3 Å². The van der Waals surface area contributed by atoms with E-state index in [1.807, 2.05) is 36.1 Å². The lowest BCUT2D eigenvalue weighted by molar-refractivity contribution is 0.192. The van der Waals surface area contributed by atoms with E-state index in [1.165, 1.54) is 0 Å². The Labute approximate surface area is 147 Å². The number of benzene rings is 1. The number of ether oxygens (including phenoxy) is 1. The number of rotatable bonds is 3. The summed E-state index contributed by atoms with van der Waals surface area (Å²) in [6.07, 6.45) is 3.59. The number of carbonyl (C=O) groups is 1. The number of likely N-dealkylation sites (tertiary alicyclic amines) is 1. The van der Waals surface area contributed by atoms with Crippen LogP contribution in [-0.4, -0.2) is 41.1 Å². The van der Waals surface area contributed by atoms with Crippen LogP contribution in [0.5, 0.6) is 5.75 Å². The predicted molar refractivity (Wildman–Crippen MR) is 96.7 cm³/mol. The van der Waals surface area contributed by atoms with Crippen LogP contribution in [0.1, 0.15) is 30.0 Å². The number of nitrogens with two attached hydrogens (primary N) is 1. The van der Waals surface area contributed by atoms with Gasteiger partial charge >= 0.3 is 6.03 Å². The van der Waals surface area contributed by atoms with E-state index in [0.717, 1.165) is 42.1 Å². The molecule has 2 aromatic rings. The van der Waals surface area contributed by atoms with Gasteiger partial charge in [-0.3, -0.25) is 0 Å². The van der Waals surface area contributed by atoms with Gasteiger partial charge in [-0.1, -0.05) is 0 Å². The first-order chi connectivity index (χ1) is 12.1. The lowest BCUT2D eigenvalue weighted by Crippen LogP contribution is -2.41. The van der Waals surface area contributed by atoms with Gasteiger partial charge in [0.05, 0.1) is 12.8 Å². The topological polar surface area (TPSA) is 93.4 Å². The highest BCUT2D eigenvalue weighted by molar-refractivity contribution is 5.90. The molecule has 1 aromatic carbocycles. The van der Waals surface area contributed by atoms with E-state index in [0.29, 0.717) is 6.54 Å². The number of hydrogen-bond donors (Lipinski definition) is 2. The van der Waals surface area contributed by atoms with Crippen molar-refractivity contribution < 1.29 is 9.53 Å². The third kappa shape index (κ3) is 3.99. The minimum Gasteiger partial charge on any atom is -0.497 e. The molecule has 3 N–H and O–H groups in total. The quantitative estimate of drug-likeness (QED) is 0.895. The van der Waals surface area contributed by atoms with Crippen LogP contribution in [0.4, 0.5) is 16.4 Å². The molecule has 2 amide bonds. The van der Waals surface area contributed by atoms with Gasteiger partial charge in [-0.15, -0.1) is 0 Å². The van der Waals surface area contributed by atoms with E-state index < -0.39 is 0 Å². The van der Waals surface area contributed by atoms with Crippen molar-refractivity contribution in [3.05, 3.63) is 41.7 Å². The number of methoxy groups -OCH3 is 1. The molecule has 1 atom stereocenters. The molecule has 0 saturated carbocycles. The highest BCUT2D eigenvalue weighted by Crippen LogP contribution is 2.27. The largest absolute Gasteiger partial charge is 0.497 e. The normalized spacial score (nSPS) is 17.2. The minimum atomic E-state index is -0.0972. The van der Waals surface area contributed by atoms with Crippen molar-refractivity contribution in [1.82, 2.24) is 14.9 Å². The molecule has 0 bridgehead atoms. The molecule has 0 radical (unpaired) electrons. The predicted octanol–water partition coefficient (Wildman–Crippen LogP) is 2.79. The number of nitrogens with one attached hydrogen (secondary N) is 1. The lowest BCUT2D eigenvalue weighted by Gasteiger charge is -2.32. The molecular weight excluding hydrogens is 318 g/mol. The summed E-state index contributed by atoms with van der Waals surface area (Å²) in [6, 6.07) is 7.37. The average Bonchev–Trinajstić information content (AvgIpc) is 2.63. The lowest BCUT2D eigenvalue weighted by atomic mass is 9.95. The summed E-state index contributed by atoms with van der Waals surface area (Å²) in [5.74, 6) is 1.23. The van der Waals surface area contributed by atoms with Crippen LogP contribution in [0.25, 0.3) is 0 Å². The number of hydrogen-bond acceptors (Lipinski definition) is 5. The molecule has 1 aromatic heterocycles. The first-order valence-corrected chi connectivity index (χ1v) is 8.36. The van der Waals surface area contributed by atoms with E-state index in [-0.39, 0.29) is 17.9 Å². The average molecular weight is 341 g/mol. The molecule has 1 aliphatic heterocycles. The molecule has 1 unspecified atom stereocenters. The number of carbonyl (C=O) groups excluding carboxylic acids is 1. The Bertz CT molecular complexity index is 765. The third-order valence-corrected chi connectivity index (χ3v) is 4.50. The van der Waals surface area contributed by atoms with Crippen LogP contribution in [-0.2, 0) is 0 Å². The van der Waals surface area contributed by atoms with Crippen molar-refractivity contribution in [2.24, 2.45) is 0 Å². The maximum Gasteiger partial charge on any atom is 0.321 e. The molecule has 1 saturated heterocycles. The van der Waals surface area contributed by atoms with Gasteiger partial charge in [0.1, 0.15) is 5.75 Å². The van der Waals surface area contributed by atoms with Crippen LogP contribution >= 0.6 is 0 Å². The summed E-state index contributed by atoms with van der Waals surface area (Å²) in [6.45, 7) is 3.30. The number of nitrogen functional groups attached to an aromatic ring is 1. The first kappa shape index (κ1) is 17.0. The first-order valence-electron chi connectivity index (χ1n) is 8.36. The van der Waals surface area contributed by atoms with Crippen molar-refractivity contribution in [2.45, 2.75) is 25.7 Å². The number of nitrogens with zero attached hydrogens (tertiary/aromatic N) is 3. The minimum absolute atomic E-state index is 0.0972. The fourth-order valence-corrected chi connectivity index (χ4v) is 3.12. The van der Waals surface area contributed by atoms with E-state index in [1.54, 1.807) is 13.3 Å². The van der Waals surface area contributed by atoms with Crippen LogP contribution < -0.4 is 15.8 Å². The molecule has 7 nitrogen and oxygen atoms in total. The van der Waals surface area contributed by atoms with Gasteiger partial charge in [0, 0.05) is 30.9 Å². The summed E-state index contributed by atoms with van der Waals surface area (Å²) in [5.41, 5.74) is 8.32. The summed E-state index contributed by atoms with van der Waals surface area (Å²) >= 11 is 0. The summed E-state index contributed by atoms with van der Waals surface area (Å²) in [4.78, 5) is 22.7. The molecule has 0 aliphatic carbocycles. The Morgan fingerprint density at radius 3 is 2.96 bits per heavy atom. The number of aryl methyl sites for hydroxylation is 1. The second-order valence-corrected chi connectivity index (χ2v) is 6.24. The van der Waals surface area contributed by atoms with E-state index in [4.69, 9.17) is 10.5 Å². The Morgan fingerprint density at radius 2 is 2.24 bits per heavy atom. The van der Waals surface area contributed by atoms with E-state index >= 15 is 0 Å². The SMILES string of the molecule is COc1ccc(NC(=O)N2CCCC(c3ccnc(N)n3)C2)c(C)c1. The Balaban J connectivity index is 1.68. The fourth-order valence-electron chi connectivity index (χ4n) is 3.12. The molecular formula is C18H23N5O2. The standard InChI is InChI=1S/C18H23N5O2/c1-12-10-14(25-2)5-6-15(12)22-18(24)23-9-3-4-13(11-23)16-7-8-20-17(19)21-16/h5-8,10,13H,3-4,9,11H2,1-2H3,(H,22,24)(H2,19,20,21). The second-order valence-electron chi connectivity index (χ2n) is 6.24. The van der Waals surface area contributed by atoms with Gasteiger partial charge in [-0.25, -0.2) is 14.8 Å². The summed E-state index contributed by atoms with van der Waals surface area (Å²) < 4.78 is 5.20. The summed E-state index contributed by atoms with van der Waals surface area (Å²) in [7, 11) is 1.63. The maximum absolute atomic E-state index is 12.6. The van der Waals surface area contributed by atoms with Gasteiger partial charge in [-0.05, 0) is 49.6 Å². The molecule has 1 aliphatic rings. The third-order valence-electron chi connectivity index (χ3n) is 4.50. The maximum atomic E-state index is 12.6. The smallest absolute Gasteiger partial charge is 0.321 e. The number of anilines is 2. The zero-order chi connectivity index (χ0) is 17.8. The highest BCUT2D eigenvalue weighted by atomic mass is 16.5. The monoisotopic (exact) mass is 341 g/mol. The Hall–Kier alpha value is -2.83. The summed E-state index contributed by atoms with van der Waals surface area (Å²) in [5, 5.41) is 2.99. The molecule has 1 fully saturated rings. The number of piperidine rings is 1. The van der Waals surface area contributed by atoms with Crippen LogP contribution in [0.2, 0.25) is 0 Å². The molecule has 0 spiro atoms. The molecule has 3 rings (SSSR count). The number of urea groups is 1. The Kier molecular flexibility index (Phi) is 5.02. The zero-order valence-corrected chi connectivity index (χ0v) is 14.5. The Morgan fingerprint density at radius 1 is 1.40 bits per heavy atom. The van der Waals surface area contributed by atoms with Gasteiger partial charge in [-0.2, -0.15) is 0 Å². The molecule has 132 valence electrons. The number of amides is 2. The van der Waals surface area contributed by atoms with Crippen LogP contribution in [0.15, 0.2) is 30.5 Å². The van der Waals surface area contributed by atoms with Gasteiger partial charge in [0.25, 0.3) is 0 Å². The van der Waals surface area contributed by atoms with Crippen molar-refractivity contribution in [3.8, 4) is 5.75 Å². The second kappa shape index (κ2) is 7.38. The van der Waals surface area contributed by atoms with Crippen LogP contribution in [0.3, 0.4) is 0 Å². The van der Waals surface area contributed by atoms with Crippen molar-refractivity contribution in [1.29, 1.82) is 0 Å².